The van der Waals surface area contributed by atoms with E-state index in [1.54, 1.807) is 0 Å². The summed E-state index contributed by atoms with van der Waals surface area (Å²) >= 11 is 0. The number of hydrogen-bond donors (Lipinski definition) is 1. The summed E-state index contributed by atoms with van der Waals surface area (Å²) in [4.78, 5) is 24.7. The van der Waals surface area contributed by atoms with Crippen molar-refractivity contribution in [3.05, 3.63) is 23.7 Å². The molecule has 22 heavy (non-hydrogen) atoms. The zero-order chi connectivity index (χ0) is 16.3. The molecule has 1 aromatic heterocycles. The number of carbonyl (C=O) groups excluding carboxylic acids is 1. The number of ether oxygens (including phenoxy) is 1. The lowest BCUT2D eigenvalue weighted by atomic mass is 10.2. The van der Waals surface area contributed by atoms with Crippen LogP contribution >= 0.6 is 0 Å². The third-order valence-corrected chi connectivity index (χ3v) is 5.25. The van der Waals surface area contributed by atoms with Crippen LogP contribution in [-0.2, 0) is 14.6 Å². The minimum absolute atomic E-state index is 0.0347. The highest BCUT2D eigenvalue weighted by molar-refractivity contribution is 7.91. The molecule has 0 aromatic carbocycles. The first-order valence-corrected chi connectivity index (χ1v) is 8.48. The largest absolute Gasteiger partial charge is 0.478 e. The standard InChI is InChI=1S/C13H17NO7S/c1-20-4-3-14(10-2-5-22(18,19)8-10)12(15)11-6-9(7-21-11)13(16)17/h6-7,10H,2-5,8H2,1H3,(H,16,17). The number of methoxy groups -OCH3 is 1. The Morgan fingerprint density at radius 2 is 2.23 bits per heavy atom. The highest BCUT2D eigenvalue weighted by Gasteiger charge is 2.35. The van der Waals surface area contributed by atoms with Crippen LogP contribution < -0.4 is 0 Å². The molecule has 2 heterocycles. The fourth-order valence-electron chi connectivity index (χ4n) is 2.36. The molecular formula is C13H17NO7S. The Labute approximate surface area is 127 Å². The summed E-state index contributed by atoms with van der Waals surface area (Å²) in [5, 5.41) is 8.86. The maximum Gasteiger partial charge on any atom is 0.338 e. The van der Waals surface area contributed by atoms with Gasteiger partial charge in [0, 0.05) is 25.8 Å². The number of carboxylic acids is 1. The minimum Gasteiger partial charge on any atom is -0.478 e. The van der Waals surface area contributed by atoms with Crippen LogP contribution in [0.15, 0.2) is 16.7 Å². The molecule has 1 saturated heterocycles. The van der Waals surface area contributed by atoms with Gasteiger partial charge in [0.05, 0.1) is 23.7 Å². The van der Waals surface area contributed by atoms with E-state index in [-0.39, 0.29) is 36.0 Å². The quantitative estimate of drug-likeness (QED) is 0.795. The number of carbonyl (C=O) groups is 2. The summed E-state index contributed by atoms with van der Waals surface area (Å²) < 4.78 is 33.1. The Morgan fingerprint density at radius 3 is 2.73 bits per heavy atom. The highest BCUT2D eigenvalue weighted by Crippen LogP contribution is 2.21. The van der Waals surface area contributed by atoms with Crippen LogP contribution in [0.2, 0.25) is 0 Å². The fourth-order valence-corrected chi connectivity index (χ4v) is 4.09. The molecule has 1 unspecified atom stereocenters. The summed E-state index contributed by atoms with van der Waals surface area (Å²) in [6.07, 6.45) is 1.33. The number of amides is 1. The molecule has 1 atom stereocenters. The van der Waals surface area contributed by atoms with Gasteiger partial charge in [-0.3, -0.25) is 4.79 Å². The predicted octanol–water partition coefficient (Wildman–Crippen LogP) is 0.253. The van der Waals surface area contributed by atoms with Gasteiger partial charge in [-0.15, -0.1) is 0 Å². The van der Waals surface area contributed by atoms with Crippen LogP contribution in [0.4, 0.5) is 0 Å². The van der Waals surface area contributed by atoms with Gasteiger partial charge in [-0.2, -0.15) is 0 Å². The second-order valence-electron chi connectivity index (χ2n) is 5.05. The monoisotopic (exact) mass is 331 g/mol. The van der Waals surface area contributed by atoms with E-state index in [1.165, 1.54) is 12.0 Å². The number of carboxylic acid groups (broad SMARTS) is 1. The topological polar surface area (TPSA) is 114 Å². The third-order valence-electron chi connectivity index (χ3n) is 3.50. The van der Waals surface area contributed by atoms with Gasteiger partial charge < -0.3 is 19.2 Å². The molecule has 1 amide bonds. The molecule has 8 nitrogen and oxygen atoms in total. The fraction of sp³-hybridized carbons (Fsp3) is 0.538. The Balaban J connectivity index is 2.20. The van der Waals surface area contributed by atoms with E-state index < -0.39 is 27.8 Å². The van der Waals surface area contributed by atoms with Crippen LogP contribution in [0.5, 0.6) is 0 Å². The molecule has 0 aliphatic carbocycles. The minimum atomic E-state index is -3.15. The number of furan rings is 1. The number of nitrogens with zero attached hydrogens (tertiary/aromatic N) is 1. The summed E-state index contributed by atoms with van der Waals surface area (Å²) in [5.74, 6) is -1.93. The normalized spacial score (nSPS) is 20.0. The Bertz CT molecular complexity index is 664. The summed E-state index contributed by atoms with van der Waals surface area (Å²) in [7, 11) is -1.67. The van der Waals surface area contributed by atoms with E-state index in [4.69, 9.17) is 14.3 Å². The first kappa shape index (κ1) is 16.5. The summed E-state index contributed by atoms with van der Waals surface area (Å²) in [6, 6.07) is 0.680. The molecule has 0 radical (unpaired) electrons. The van der Waals surface area contributed by atoms with Crippen molar-refractivity contribution < 1.29 is 32.3 Å². The lowest BCUT2D eigenvalue weighted by Crippen LogP contribution is -2.43. The van der Waals surface area contributed by atoms with Crippen molar-refractivity contribution in [1.29, 1.82) is 0 Å². The van der Waals surface area contributed by atoms with Crippen LogP contribution in [0, 0.1) is 0 Å². The van der Waals surface area contributed by atoms with Crippen molar-refractivity contribution >= 4 is 21.7 Å². The molecule has 9 heteroatoms. The van der Waals surface area contributed by atoms with Gasteiger partial charge >= 0.3 is 5.97 Å². The van der Waals surface area contributed by atoms with Crippen LogP contribution in [0.3, 0.4) is 0 Å². The van der Waals surface area contributed by atoms with E-state index >= 15 is 0 Å². The Kier molecular flexibility index (Phi) is 4.87. The van der Waals surface area contributed by atoms with Crippen molar-refractivity contribution in [3.63, 3.8) is 0 Å². The van der Waals surface area contributed by atoms with Gasteiger partial charge in [0.15, 0.2) is 15.6 Å². The number of rotatable bonds is 6. The number of sulfone groups is 1. The Hall–Kier alpha value is -1.87. The van der Waals surface area contributed by atoms with Crippen LogP contribution in [0.1, 0.15) is 27.3 Å². The summed E-state index contributed by atoms with van der Waals surface area (Å²) in [6.45, 7) is 0.452. The van der Waals surface area contributed by atoms with E-state index in [0.29, 0.717) is 6.42 Å². The smallest absolute Gasteiger partial charge is 0.338 e. The van der Waals surface area contributed by atoms with E-state index in [2.05, 4.69) is 0 Å². The molecule has 1 aliphatic rings. The zero-order valence-electron chi connectivity index (χ0n) is 12.0. The van der Waals surface area contributed by atoms with Crippen LogP contribution in [-0.4, -0.2) is 68.1 Å². The maximum absolute atomic E-state index is 12.5. The predicted molar refractivity (Wildman–Crippen MR) is 75.6 cm³/mol. The lowest BCUT2D eigenvalue weighted by Gasteiger charge is -2.27. The molecule has 1 aliphatic heterocycles. The number of aromatic carboxylic acids is 1. The van der Waals surface area contributed by atoms with E-state index in [0.717, 1.165) is 12.3 Å². The number of hydrogen-bond acceptors (Lipinski definition) is 6. The van der Waals surface area contributed by atoms with Gasteiger partial charge in [-0.25, -0.2) is 13.2 Å². The van der Waals surface area contributed by atoms with Gasteiger partial charge in [0.25, 0.3) is 5.91 Å². The van der Waals surface area contributed by atoms with Crippen molar-refractivity contribution in [1.82, 2.24) is 4.90 Å². The second kappa shape index (κ2) is 6.49. The SMILES string of the molecule is COCCN(C(=O)c1cc(C(=O)O)co1)C1CCS(=O)(=O)C1. The Morgan fingerprint density at radius 1 is 1.50 bits per heavy atom. The highest BCUT2D eigenvalue weighted by atomic mass is 32.2. The molecule has 2 rings (SSSR count). The zero-order valence-corrected chi connectivity index (χ0v) is 12.8. The first-order chi connectivity index (χ1) is 10.3. The average molecular weight is 331 g/mol. The lowest BCUT2D eigenvalue weighted by molar-refractivity contribution is 0.0593. The molecule has 0 bridgehead atoms. The van der Waals surface area contributed by atoms with Crippen molar-refractivity contribution in [3.8, 4) is 0 Å². The molecule has 1 fully saturated rings. The molecule has 0 spiro atoms. The van der Waals surface area contributed by atoms with Crippen molar-refractivity contribution in [2.75, 3.05) is 31.8 Å². The van der Waals surface area contributed by atoms with Crippen molar-refractivity contribution in [2.45, 2.75) is 12.5 Å². The van der Waals surface area contributed by atoms with Gasteiger partial charge in [0.1, 0.15) is 6.26 Å². The first-order valence-electron chi connectivity index (χ1n) is 6.66. The molecule has 122 valence electrons. The second-order valence-corrected chi connectivity index (χ2v) is 7.28. The molecule has 1 N–H and O–H groups in total. The van der Waals surface area contributed by atoms with Gasteiger partial charge in [-0.05, 0) is 6.42 Å². The molecule has 1 aromatic rings. The average Bonchev–Trinajstić information content (AvgIpc) is 3.06. The van der Waals surface area contributed by atoms with Gasteiger partial charge in [0.2, 0.25) is 0 Å². The van der Waals surface area contributed by atoms with E-state index in [9.17, 15) is 18.0 Å². The van der Waals surface area contributed by atoms with Gasteiger partial charge in [-0.1, -0.05) is 0 Å². The van der Waals surface area contributed by atoms with E-state index in [1.807, 2.05) is 0 Å². The maximum atomic E-state index is 12.5. The van der Waals surface area contributed by atoms with Crippen LogP contribution in [0.25, 0.3) is 0 Å². The third kappa shape index (κ3) is 3.66. The summed E-state index contributed by atoms with van der Waals surface area (Å²) in [5.41, 5.74) is -0.130. The van der Waals surface area contributed by atoms with Crippen molar-refractivity contribution in [2.24, 2.45) is 0 Å². The molecule has 0 saturated carbocycles. The molecular weight excluding hydrogens is 314 g/mol.